The van der Waals surface area contributed by atoms with Crippen molar-refractivity contribution < 1.29 is 4.79 Å². The molecule has 3 heteroatoms. The molecule has 0 radical (unpaired) electrons. The summed E-state index contributed by atoms with van der Waals surface area (Å²) in [5.41, 5.74) is 2.76. The third kappa shape index (κ3) is 2.85. The number of fused-ring (bicyclic) bond motifs is 1. The SMILES string of the molecule is O=C(NC1CCCC1CCl)C1CCc2ccccc2C1. The minimum absolute atomic E-state index is 0.140. The van der Waals surface area contributed by atoms with E-state index in [0.717, 1.165) is 32.1 Å². The fourth-order valence-electron chi connectivity index (χ4n) is 3.63. The standard InChI is InChI=1S/C17H22ClNO/c18-11-15-6-3-7-16(15)19-17(20)14-9-8-12-4-1-2-5-13(12)10-14/h1-2,4-5,14-16H,3,6-11H2,(H,19,20). The first-order chi connectivity index (χ1) is 9.78. The van der Waals surface area contributed by atoms with Gasteiger partial charge in [0, 0.05) is 17.8 Å². The number of rotatable bonds is 3. The Morgan fingerprint density at radius 2 is 2.00 bits per heavy atom. The van der Waals surface area contributed by atoms with Gasteiger partial charge in [0.1, 0.15) is 0 Å². The molecule has 2 aliphatic rings. The Labute approximate surface area is 125 Å². The van der Waals surface area contributed by atoms with Crippen LogP contribution in [0.25, 0.3) is 0 Å². The summed E-state index contributed by atoms with van der Waals surface area (Å²) in [4.78, 5) is 12.5. The van der Waals surface area contributed by atoms with E-state index in [1.807, 2.05) is 0 Å². The molecule has 1 saturated carbocycles. The number of nitrogens with one attached hydrogen (secondary N) is 1. The van der Waals surface area contributed by atoms with E-state index in [4.69, 9.17) is 11.6 Å². The second kappa shape index (κ2) is 6.17. The van der Waals surface area contributed by atoms with Crippen molar-refractivity contribution in [2.24, 2.45) is 11.8 Å². The maximum absolute atomic E-state index is 12.5. The summed E-state index contributed by atoms with van der Waals surface area (Å²) >= 11 is 5.99. The van der Waals surface area contributed by atoms with E-state index in [-0.39, 0.29) is 11.8 Å². The van der Waals surface area contributed by atoms with Crippen molar-refractivity contribution in [3.05, 3.63) is 35.4 Å². The van der Waals surface area contributed by atoms with Crippen molar-refractivity contribution >= 4 is 17.5 Å². The van der Waals surface area contributed by atoms with Crippen LogP contribution in [-0.4, -0.2) is 17.8 Å². The highest BCUT2D eigenvalue weighted by Crippen LogP contribution is 2.29. The number of halogens is 1. The van der Waals surface area contributed by atoms with E-state index in [9.17, 15) is 4.79 Å². The number of aryl methyl sites for hydroxylation is 1. The highest BCUT2D eigenvalue weighted by molar-refractivity contribution is 6.18. The lowest BCUT2D eigenvalue weighted by Crippen LogP contribution is -2.42. The van der Waals surface area contributed by atoms with Gasteiger partial charge < -0.3 is 5.32 Å². The molecule has 0 bridgehead atoms. The van der Waals surface area contributed by atoms with E-state index < -0.39 is 0 Å². The Hall–Kier alpha value is -1.02. The number of hydrogen-bond acceptors (Lipinski definition) is 1. The second-order valence-corrected chi connectivity index (χ2v) is 6.48. The van der Waals surface area contributed by atoms with Gasteiger partial charge >= 0.3 is 0 Å². The molecule has 0 heterocycles. The third-order valence-electron chi connectivity index (χ3n) is 4.90. The van der Waals surface area contributed by atoms with Gasteiger partial charge in [-0.05, 0) is 49.1 Å². The van der Waals surface area contributed by atoms with Gasteiger partial charge in [-0.25, -0.2) is 0 Å². The Bertz CT molecular complexity index is 488. The molecule has 3 rings (SSSR count). The monoisotopic (exact) mass is 291 g/mol. The van der Waals surface area contributed by atoms with Crippen molar-refractivity contribution in [3.63, 3.8) is 0 Å². The van der Waals surface area contributed by atoms with E-state index in [0.29, 0.717) is 17.8 Å². The summed E-state index contributed by atoms with van der Waals surface area (Å²) in [6.45, 7) is 0. The molecule has 20 heavy (non-hydrogen) atoms. The maximum Gasteiger partial charge on any atom is 0.223 e. The quantitative estimate of drug-likeness (QED) is 0.851. The lowest BCUT2D eigenvalue weighted by Gasteiger charge is -2.26. The zero-order chi connectivity index (χ0) is 13.9. The van der Waals surface area contributed by atoms with Crippen LogP contribution in [0.4, 0.5) is 0 Å². The largest absolute Gasteiger partial charge is 0.353 e. The van der Waals surface area contributed by atoms with E-state index in [1.165, 1.54) is 17.5 Å². The van der Waals surface area contributed by atoms with Crippen LogP contribution in [0, 0.1) is 11.8 Å². The summed E-state index contributed by atoms with van der Waals surface area (Å²) in [6, 6.07) is 8.80. The first kappa shape index (κ1) is 13.9. The summed E-state index contributed by atoms with van der Waals surface area (Å²) in [5.74, 6) is 1.51. The molecular formula is C17H22ClNO. The number of alkyl halides is 1. The zero-order valence-electron chi connectivity index (χ0n) is 11.8. The molecule has 3 unspecified atom stereocenters. The Morgan fingerprint density at radius 1 is 1.20 bits per heavy atom. The van der Waals surface area contributed by atoms with Crippen molar-refractivity contribution in [2.45, 2.75) is 44.6 Å². The average Bonchev–Trinajstić information content (AvgIpc) is 2.94. The lowest BCUT2D eigenvalue weighted by atomic mass is 9.83. The van der Waals surface area contributed by atoms with Gasteiger partial charge in [-0.2, -0.15) is 0 Å². The van der Waals surface area contributed by atoms with Crippen LogP contribution in [0.1, 0.15) is 36.8 Å². The minimum atomic E-state index is 0.140. The fraction of sp³-hybridized carbons (Fsp3) is 0.588. The molecule has 1 aromatic carbocycles. The van der Waals surface area contributed by atoms with Gasteiger partial charge in [0.25, 0.3) is 0 Å². The number of carbonyl (C=O) groups excluding carboxylic acids is 1. The Kier molecular flexibility index (Phi) is 4.30. The third-order valence-corrected chi connectivity index (χ3v) is 5.30. The normalized spacial score (nSPS) is 28.9. The van der Waals surface area contributed by atoms with E-state index in [1.54, 1.807) is 0 Å². The molecule has 0 spiro atoms. The van der Waals surface area contributed by atoms with Crippen LogP contribution in [0.15, 0.2) is 24.3 Å². The number of carbonyl (C=O) groups is 1. The molecule has 0 saturated heterocycles. The number of hydrogen-bond donors (Lipinski definition) is 1. The average molecular weight is 292 g/mol. The van der Waals surface area contributed by atoms with Gasteiger partial charge in [0.15, 0.2) is 0 Å². The summed E-state index contributed by atoms with van der Waals surface area (Å²) < 4.78 is 0. The summed E-state index contributed by atoms with van der Waals surface area (Å²) in [5, 5.41) is 3.26. The van der Waals surface area contributed by atoms with Crippen molar-refractivity contribution in [1.82, 2.24) is 5.32 Å². The first-order valence-corrected chi connectivity index (χ1v) is 8.24. The van der Waals surface area contributed by atoms with Crippen LogP contribution in [-0.2, 0) is 17.6 Å². The molecule has 3 atom stereocenters. The van der Waals surface area contributed by atoms with Crippen LogP contribution in [0.3, 0.4) is 0 Å². The molecule has 108 valence electrons. The minimum Gasteiger partial charge on any atom is -0.353 e. The lowest BCUT2D eigenvalue weighted by molar-refractivity contribution is -0.126. The van der Waals surface area contributed by atoms with Crippen LogP contribution >= 0.6 is 11.6 Å². The Balaban J connectivity index is 1.61. The summed E-state index contributed by atoms with van der Waals surface area (Å²) in [7, 11) is 0. The van der Waals surface area contributed by atoms with E-state index >= 15 is 0 Å². The molecule has 1 fully saturated rings. The predicted molar refractivity (Wildman–Crippen MR) is 81.9 cm³/mol. The van der Waals surface area contributed by atoms with Gasteiger partial charge in [-0.3, -0.25) is 4.79 Å². The molecule has 0 aromatic heterocycles. The van der Waals surface area contributed by atoms with Gasteiger partial charge in [0.2, 0.25) is 5.91 Å². The first-order valence-electron chi connectivity index (χ1n) is 7.71. The van der Waals surface area contributed by atoms with Gasteiger partial charge in [0.05, 0.1) is 0 Å². The molecule has 1 aromatic rings. The Morgan fingerprint density at radius 3 is 2.80 bits per heavy atom. The van der Waals surface area contributed by atoms with Crippen LogP contribution < -0.4 is 5.32 Å². The van der Waals surface area contributed by atoms with Crippen LogP contribution in [0.2, 0.25) is 0 Å². The highest BCUT2D eigenvalue weighted by Gasteiger charge is 2.31. The van der Waals surface area contributed by atoms with Crippen molar-refractivity contribution in [1.29, 1.82) is 0 Å². The fourth-order valence-corrected chi connectivity index (χ4v) is 4.00. The van der Waals surface area contributed by atoms with Crippen molar-refractivity contribution in [2.75, 3.05) is 5.88 Å². The van der Waals surface area contributed by atoms with Crippen molar-refractivity contribution in [3.8, 4) is 0 Å². The number of benzene rings is 1. The van der Waals surface area contributed by atoms with Crippen LogP contribution in [0.5, 0.6) is 0 Å². The molecule has 1 amide bonds. The summed E-state index contributed by atoms with van der Waals surface area (Å²) in [6.07, 6.45) is 6.32. The highest BCUT2D eigenvalue weighted by atomic mass is 35.5. The smallest absolute Gasteiger partial charge is 0.223 e. The molecule has 1 N–H and O–H groups in total. The second-order valence-electron chi connectivity index (χ2n) is 6.17. The topological polar surface area (TPSA) is 29.1 Å². The molecule has 2 aliphatic carbocycles. The predicted octanol–water partition coefficient (Wildman–Crippen LogP) is 3.32. The number of amides is 1. The maximum atomic E-state index is 12.5. The zero-order valence-corrected chi connectivity index (χ0v) is 12.5. The molecule has 0 aliphatic heterocycles. The van der Waals surface area contributed by atoms with Gasteiger partial charge in [-0.15, -0.1) is 11.6 Å². The molecular weight excluding hydrogens is 270 g/mol. The van der Waals surface area contributed by atoms with E-state index in [2.05, 4.69) is 29.6 Å². The molecule has 2 nitrogen and oxygen atoms in total. The van der Waals surface area contributed by atoms with Gasteiger partial charge in [-0.1, -0.05) is 30.7 Å².